The molecule has 100 valence electrons. The number of nitriles is 1. The van der Waals surface area contributed by atoms with Crippen LogP contribution in [0.2, 0.25) is 0 Å². The summed E-state index contributed by atoms with van der Waals surface area (Å²) in [5, 5.41) is 23.4. The molecule has 7 nitrogen and oxygen atoms in total. The molecule has 1 aromatic carbocycles. The van der Waals surface area contributed by atoms with Gasteiger partial charge < -0.3 is 14.9 Å². The SMILES string of the molecule is Cc1onc(C(=O)O)c1C(=O)Nc1ccc(C#N)cc1. The smallest absolute Gasteiger partial charge is 0.358 e. The molecule has 0 atom stereocenters. The quantitative estimate of drug-likeness (QED) is 0.879. The molecule has 0 fully saturated rings. The number of anilines is 1. The van der Waals surface area contributed by atoms with Crippen LogP contribution in [0, 0.1) is 18.3 Å². The Labute approximate surface area is 113 Å². The second kappa shape index (κ2) is 5.24. The summed E-state index contributed by atoms with van der Waals surface area (Å²) in [5.74, 6) is -1.86. The highest BCUT2D eigenvalue weighted by atomic mass is 16.5. The second-order valence-corrected chi connectivity index (χ2v) is 3.91. The molecule has 0 aliphatic heterocycles. The van der Waals surface area contributed by atoms with Gasteiger partial charge in [0.15, 0.2) is 0 Å². The largest absolute Gasteiger partial charge is 0.476 e. The van der Waals surface area contributed by atoms with Gasteiger partial charge in [0.05, 0.1) is 11.6 Å². The van der Waals surface area contributed by atoms with E-state index < -0.39 is 17.6 Å². The molecule has 0 radical (unpaired) electrons. The Hall–Kier alpha value is -3.14. The van der Waals surface area contributed by atoms with E-state index in [0.29, 0.717) is 11.3 Å². The molecule has 0 bridgehead atoms. The normalized spacial score (nSPS) is 9.80. The van der Waals surface area contributed by atoms with Crippen LogP contribution < -0.4 is 5.32 Å². The van der Waals surface area contributed by atoms with Crippen LogP contribution in [0.5, 0.6) is 0 Å². The number of aryl methyl sites for hydroxylation is 1. The van der Waals surface area contributed by atoms with E-state index in [1.807, 2.05) is 6.07 Å². The highest BCUT2D eigenvalue weighted by Gasteiger charge is 2.25. The number of carboxylic acid groups (broad SMARTS) is 1. The summed E-state index contributed by atoms with van der Waals surface area (Å²) in [4.78, 5) is 23.0. The zero-order valence-electron chi connectivity index (χ0n) is 10.4. The summed E-state index contributed by atoms with van der Waals surface area (Å²) in [7, 11) is 0. The molecule has 1 aromatic heterocycles. The summed E-state index contributed by atoms with van der Waals surface area (Å²) in [5.41, 5.74) is 0.330. The molecule has 2 rings (SSSR count). The van der Waals surface area contributed by atoms with Crippen LogP contribution in [0.3, 0.4) is 0 Å². The van der Waals surface area contributed by atoms with Gasteiger partial charge in [-0.25, -0.2) is 4.79 Å². The van der Waals surface area contributed by atoms with Crippen molar-refractivity contribution in [2.24, 2.45) is 0 Å². The van der Waals surface area contributed by atoms with Crippen molar-refractivity contribution in [2.75, 3.05) is 5.32 Å². The molecule has 0 saturated carbocycles. The number of rotatable bonds is 3. The molecule has 0 unspecified atom stereocenters. The molecule has 1 heterocycles. The first-order valence-corrected chi connectivity index (χ1v) is 5.54. The van der Waals surface area contributed by atoms with Crippen molar-refractivity contribution in [1.82, 2.24) is 5.16 Å². The van der Waals surface area contributed by atoms with Crippen molar-refractivity contribution in [3.8, 4) is 6.07 Å². The number of carbonyl (C=O) groups is 2. The number of carbonyl (C=O) groups excluding carboxylic acids is 1. The van der Waals surface area contributed by atoms with Crippen molar-refractivity contribution in [3.63, 3.8) is 0 Å². The predicted octanol–water partition coefficient (Wildman–Crippen LogP) is 1.81. The molecule has 0 aliphatic carbocycles. The Balaban J connectivity index is 2.26. The van der Waals surface area contributed by atoms with Crippen LogP contribution in [-0.4, -0.2) is 22.1 Å². The monoisotopic (exact) mass is 271 g/mol. The average molecular weight is 271 g/mol. The summed E-state index contributed by atoms with van der Waals surface area (Å²) in [6.07, 6.45) is 0. The van der Waals surface area contributed by atoms with Crippen LogP contribution in [0.15, 0.2) is 28.8 Å². The maximum Gasteiger partial charge on any atom is 0.358 e. The van der Waals surface area contributed by atoms with E-state index in [0.717, 1.165) is 0 Å². The number of aromatic nitrogens is 1. The molecular weight excluding hydrogens is 262 g/mol. The Morgan fingerprint density at radius 1 is 1.35 bits per heavy atom. The number of carboxylic acids is 1. The van der Waals surface area contributed by atoms with E-state index in [9.17, 15) is 9.59 Å². The Kier molecular flexibility index (Phi) is 3.48. The van der Waals surface area contributed by atoms with E-state index >= 15 is 0 Å². The molecule has 2 aromatic rings. The van der Waals surface area contributed by atoms with E-state index in [1.165, 1.54) is 19.1 Å². The molecule has 0 spiro atoms. The van der Waals surface area contributed by atoms with E-state index in [-0.39, 0.29) is 11.3 Å². The lowest BCUT2D eigenvalue weighted by molar-refractivity contribution is 0.0682. The predicted molar refractivity (Wildman–Crippen MR) is 67.3 cm³/mol. The van der Waals surface area contributed by atoms with E-state index in [2.05, 4.69) is 10.5 Å². The van der Waals surface area contributed by atoms with Crippen LogP contribution in [0.1, 0.15) is 32.2 Å². The third kappa shape index (κ3) is 2.49. The molecule has 2 N–H and O–H groups in total. The maximum atomic E-state index is 12.0. The molecule has 20 heavy (non-hydrogen) atoms. The van der Waals surface area contributed by atoms with Gasteiger partial charge in [0, 0.05) is 5.69 Å². The molecule has 0 saturated heterocycles. The van der Waals surface area contributed by atoms with Gasteiger partial charge in [-0.15, -0.1) is 0 Å². The van der Waals surface area contributed by atoms with E-state index in [4.69, 9.17) is 14.9 Å². The number of nitrogens with zero attached hydrogens (tertiary/aromatic N) is 2. The third-order valence-corrected chi connectivity index (χ3v) is 2.56. The molecule has 0 aliphatic rings. The average Bonchev–Trinajstić information content (AvgIpc) is 2.81. The Bertz CT molecular complexity index is 710. The number of benzene rings is 1. The number of nitrogens with one attached hydrogen (secondary N) is 1. The Morgan fingerprint density at radius 2 is 2.00 bits per heavy atom. The number of amides is 1. The number of hydrogen-bond donors (Lipinski definition) is 2. The minimum Gasteiger partial charge on any atom is -0.476 e. The van der Waals surface area contributed by atoms with Gasteiger partial charge in [-0.1, -0.05) is 5.16 Å². The fourth-order valence-corrected chi connectivity index (χ4v) is 1.61. The molecule has 7 heteroatoms. The summed E-state index contributed by atoms with van der Waals surface area (Å²) >= 11 is 0. The van der Waals surface area contributed by atoms with Crippen LogP contribution in [-0.2, 0) is 0 Å². The Morgan fingerprint density at radius 3 is 2.55 bits per heavy atom. The van der Waals surface area contributed by atoms with Crippen LogP contribution in [0.4, 0.5) is 5.69 Å². The molecular formula is C13H9N3O4. The van der Waals surface area contributed by atoms with Gasteiger partial charge in [0.2, 0.25) is 5.69 Å². The van der Waals surface area contributed by atoms with Gasteiger partial charge in [-0.2, -0.15) is 5.26 Å². The van der Waals surface area contributed by atoms with Crippen molar-refractivity contribution in [1.29, 1.82) is 5.26 Å². The lowest BCUT2D eigenvalue weighted by Gasteiger charge is -2.04. The second-order valence-electron chi connectivity index (χ2n) is 3.91. The zero-order valence-corrected chi connectivity index (χ0v) is 10.4. The van der Waals surface area contributed by atoms with Crippen LogP contribution >= 0.6 is 0 Å². The minimum atomic E-state index is -1.34. The van der Waals surface area contributed by atoms with Crippen molar-refractivity contribution in [2.45, 2.75) is 6.92 Å². The lowest BCUT2D eigenvalue weighted by atomic mass is 10.1. The maximum absolute atomic E-state index is 12.0. The first-order valence-electron chi connectivity index (χ1n) is 5.54. The topological polar surface area (TPSA) is 116 Å². The number of aromatic carboxylic acids is 1. The summed E-state index contributed by atoms with van der Waals surface area (Å²) in [6.45, 7) is 1.45. The highest BCUT2D eigenvalue weighted by Crippen LogP contribution is 2.16. The van der Waals surface area contributed by atoms with Gasteiger partial charge in [0.1, 0.15) is 11.3 Å². The van der Waals surface area contributed by atoms with Gasteiger partial charge in [0.25, 0.3) is 5.91 Å². The van der Waals surface area contributed by atoms with Crippen molar-refractivity contribution in [3.05, 3.63) is 46.8 Å². The molecule has 1 amide bonds. The first kappa shape index (κ1) is 13.3. The number of hydrogen-bond acceptors (Lipinski definition) is 5. The lowest BCUT2D eigenvalue weighted by Crippen LogP contribution is -2.16. The summed E-state index contributed by atoms with van der Waals surface area (Å²) < 4.78 is 4.72. The minimum absolute atomic E-state index is 0.119. The van der Waals surface area contributed by atoms with Gasteiger partial charge in [-0.3, -0.25) is 4.79 Å². The first-order chi connectivity index (χ1) is 9.52. The van der Waals surface area contributed by atoms with Crippen molar-refractivity contribution < 1.29 is 19.2 Å². The fourth-order valence-electron chi connectivity index (χ4n) is 1.61. The highest BCUT2D eigenvalue weighted by molar-refractivity contribution is 6.10. The van der Waals surface area contributed by atoms with Gasteiger partial charge >= 0.3 is 5.97 Å². The van der Waals surface area contributed by atoms with E-state index in [1.54, 1.807) is 12.1 Å². The summed E-state index contributed by atoms with van der Waals surface area (Å²) in [6, 6.07) is 8.11. The van der Waals surface area contributed by atoms with Crippen LogP contribution in [0.25, 0.3) is 0 Å². The zero-order chi connectivity index (χ0) is 14.7. The standard InChI is InChI=1S/C13H9N3O4/c1-7-10(11(13(18)19)16-20-7)12(17)15-9-4-2-8(6-14)3-5-9/h2-5H,1H3,(H,15,17)(H,18,19). The third-order valence-electron chi connectivity index (χ3n) is 2.56. The van der Waals surface area contributed by atoms with Crippen molar-refractivity contribution >= 4 is 17.6 Å². The van der Waals surface area contributed by atoms with Gasteiger partial charge in [-0.05, 0) is 31.2 Å². The fraction of sp³-hybridized carbons (Fsp3) is 0.0769.